The molecule has 0 aliphatic heterocycles. The lowest BCUT2D eigenvalue weighted by Crippen LogP contribution is -2.38. The van der Waals surface area contributed by atoms with Crippen LogP contribution < -0.4 is 5.32 Å². The van der Waals surface area contributed by atoms with E-state index in [0.29, 0.717) is 5.57 Å². The van der Waals surface area contributed by atoms with Gasteiger partial charge in [0.1, 0.15) is 0 Å². The standard InChI is InChI=1S/C19H28N2O3/c1-8-13(3)12-15(5)16(9-2)18(21-19(22)24-7)14(4)10-11-17(20)23-6/h8-12,15,18,20H,1,4H2,2-3,5-7H3,(H,21,22)/b11-10-,13-12-,16-9+,20-17?/t15-,18?/m1/s1. The topological polar surface area (TPSA) is 71.4 Å². The first-order valence-electron chi connectivity index (χ1n) is 7.61. The lowest BCUT2D eigenvalue weighted by Gasteiger charge is -2.25. The molecule has 0 heterocycles. The maximum absolute atomic E-state index is 11.7. The molecule has 0 aliphatic carbocycles. The molecule has 0 aromatic heterocycles. The van der Waals surface area contributed by atoms with Gasteiger partial charge in [0.15, 0.2) is 0 Å². The quantitative estimate of drug-likeness (QED) is 0.303. The molecule has 0 aliphatic rings. The SMILES string of the molecule is C=C/C(C)=C\[C@@H](C)/C(=C\C)C(NC(=O)OC)C(=C)/C=C\C(=N)OC. The molecule has 0 spiro atoms. The summed E-state index contributed by atoms with van der Waals surface area (Å²) in [5.74, 6) is 0.0626. The Kier molecular flexibility index (Phi) is 9.87. The minimum Gasteiger partial charge on any atom is -0.481 e. The van der Waals surface area contributed by atoms with E-state index in [2.05, 4.69) is 24.6 Å². The summed E-state index contributed by atoms with van der Waals surface area (Å²) in [7, 11) is 2.73. The zero-order chi connectivity index (χ0) is 18.7. The van der Waals surface area contributed by atoms with E-state index in [4.69, 9.17) is 14.9 Å². The normalized spacial score (nSPS) is 14.7. The highest BCUT2D eigenvalue weighted by molar-refractivity contribution is 5.85. The zero-order valence-electron chi connectivity index (χ0n) is 15.2. The van der Waals surface area contributed by atoms with Crippen LogP contribution in [0.25, 0.3) is 0 Å². The third kappa shape index (κ3) is 7.13. The molecular weight excluding hydrogens is 304 g/mol. The van der Waals surface area contributed by atoms with Crippen LogP contribution in [0.15, 0.2) is 60.3 Å². The zero-order valence-corrected chi connectivity index (χ0v) is 15.2. The van der Waals surface area contributed by atoms with Crippen LogP contribution in [0.4, 0.5) is 4.79 Å². The molecule has 5 nitrogen and oxygen atoms in total. The van der Waals surface area contributed by atoms with E-state index in [0.717, 1.165) is 11.1 Å². The van der Waals surface area contributed by atoms with Crippen molar-refractivity contribution in [2.75, 3.05) is 14.2 Å². The number of carbonyl (C=O) groups excluding carboxylic acids is 1. The molecule has 1 unspecified atom stereocenters. The van der Waals surface area contributed by atoms with Crippen molar-refractivity contribution in [3.05, 3.63) is 60.3 Å². The molecule has 0 saturated heterocycles. The molecule has 0 saturated carbocycles. The molecular formula is C19H28N2O3. The number of alkyl carbamates (subject to hydrolysis) is 1. The second-order valence-electron chi connectivity index (χ2n) is 5.24. The van der Waals surface area contributed by atoms with Crippen molar-refractivity contribution < 1.29 is 14.3 Å². The van der Waals surface area contributed by atoms with Crippen molar-refractivity contribution in [3.8, 4) is 0 Å². The van der Waals surface area contributed by atoms with Crippen LogP contribution in [0.3, 0.4) is 0 Å². The van der Waals surface area contributed by atoms with Crippen LogP contribution in [0, 0.1) is 11.3 Å². The van der Waals surface area contributed by atoms with Gasteiger partial charge in [0.05, 0.1) is 20.3 Å². The number of carbonyl (C=O) groups is 1. The average Bonchev–Trinajstić information content (AvgIpc) is 2.58. The molecule has 0 fully saturated rings. The molecule has 2 atom stereocenters. The lowest BCUT2D eigenvalue weighted by atomic mass is 9.88. The van der Waals surface area contributed by atoms with Gasteiger partial charge < -0.3 is 14.8 Å². The Morgan fingerprint density at radius 2 is 1.88 bits per heavy atom. The van der Waals surface area contributed by atoms with Crippen molar-refractivity contribution in [3.63, 3.8) is 0 Å². The fraction of sp³-hybridized carbons (Fsp3) is 0.368. The molecule has 0 rings (SSSR count). The number of ether oxygens (including phenoxy) is 2. The number of hydrogen-bond acceptors (Lipinski definition) is 4. The molecule has 132 valence electrons. The largest absolute Gasteiger partial charge is 0.481 e. The maximum atomic E-state index is 11.7. The number of rotatable bonds is 8. The van der Waals surface area contributed by atoms with Gasteiger partial charge in [-0.15, -0.1) is 0 Å². The molecule has 0 radical (unpaired) electrons. The van der Waals surface area contributed by atoms with E-state index in [1.165, 1.54) is 20.3 Å². The summed E-state index contributed by atoms with van der Waals surface area (Å²) in [6, 6.07) is -0.452. The highest BCUT2D eigenvalue weighted by Crippen LogP contribution is 2.23. The number of nitrogens with one attached hydrogen (secondary N) is 2. The second-order valence-corrected chi connectivity index (χ2v) is 5.24. The number of hydrogen-bond donors (Lipinski definition) is 2. The van der Waals surface area contributed by atoms with Crippen LogP contribution >= 0.6 is 0 Å². The fourth-order valence-electron chi connectivity index (χ4n) is 2.16. The minimum absolute atomic E-state index is 0.00504. The molecule has 1 amide bonds. The highest BCUT2D eigenvalue weighted by atomic mass is 16.5. The predicted octanol–water partition coefficient (Wildman–Crippen LogP) is 4.16. The summed E-state index contributed by atoms with van der Waals surface area (Å²) in [6.07, 6.45) is 8.36. The Labute approximate surface area is 144 Å². The third-order valence-electron chi connectivity index (χ3n) is 3.51. The van der Waals surface area contributed by atoms with Gasteiger partial charge in [-0.25, -0.2) is 4.79 Å². The summed E-state index contributed by atoms with van der Waals surface area (Å²) >= 11 is 0. The lowest BCUT2D eigenvalue weighted by molar-refractivity contribution is 0.169. The predicted molar refractivity (Wildman–Crippen MR) is 99.2 cm³/mol. The van der Waals surface area contributed by atoms with Crippen molar-refractivity contribution in [2.24, 2.45) is 5.92 Å². The van der Waals surface area contributed by atoms with Crippen LogP contribution in [0.1, 0.15) is 20.8 Å². The summed E-state index contributed by atoms with van der Waals surface area (Å²) in [5, 5.41) is 10.3. The van der Waals surface area contributed by atoms with Crippen molar-refractivity contribution >= 4 is 12.0 Å². The summed E-state index contributed by atoms with van der Waals surface area (Å²) in [4.78, 5) is 11.7. The Morgan fingerprint density at radius 1 is 1.25 bits per heavy atom. The van der Waals surface area contributed by atoms with Crippen LogP contribution in [-0.4, -0.2) is 32.3 Å². The summed E-state index contributed by atoms with van der Waals surface area (Å²) in [5.41, 5.74) is 2.62. The van der Waals surface area contributed by atoms with Gasteiger partial charge in [-0.1, -0.05) is 50.0 Å². The third-order valence-corrected chi connectivity index (χ3v) is 3.51. The first-order chi connectivity index (χ1) is 11.3. The molecule has 0 bridgehead atoms. The van der Waals surface area contributed by atoms with E-state index >= 15 is 0 Å². The van der Waals surface area contributed by atoms with Gasteiger partial charge in [0.25, 0.3) is 0 Å². The van der Waals surface area contributed by atoms with E-state index in [-0.39, 0.29) is 11.8 Å². The smallest absolute Gasteiger partial charge is 0.407 e. The van der Waals surface area contributed by atoms with E-state index in [1.54, 1.807) is 12.2 Å². The number of amides is 1. The number of methoxy groups -OCH3 is 2. The molecule has 2 N–H and O–H groups in total. The van der Waals surface area contributed by atoms with Crippen LogP contribution in [-0.2, 0) is 9.47 Å². The molecule has 0 aromatic carbocycles. The van der Waals surface area contributed by atoms with E-state index in [9.17, 15) is 4.79 Å². The Balaban J connectivity index is 5.62. The van der Waals surface area contributed by atoms with Gasteiger partial charge >= 0.3 is 6.09 Å². The van der Waals surface area contributed by atoms with Crippen molar-refractivity contribution in [2.45, 2.75) is 26.8 Å². The summed E-state index contributed by atoms with van der Waals surface area (Å²) in [6.45, 7) is 13.7. The van der Waals surface area contributed by atoms with E-state index in [1.807, 2.05) is 26.8 Å². The Hall–Kier alpha value is -2.56. The molecule has 0 aromatic rings. The number of allylic oxidation sites excluding steroid dienone is 4. The Morgan fingerprint density at radius 3 is 2.33 bits per heavy atom. The molecule has 5 heteroatoms. The molecule has 24 heavy (non-hydrogen) atoms. The first-order valence-corrected chi connectivity index (χ1v) is 7.61. The first kappa shape index (κ1) is 21.4. The van der Waals surface area contributed by atoms with Gasteiger partial charge in [-0.3, -0.25) is 5.41 Å². The highest BCUT2D eigenvalue weighted by Gasteiger charge is 2.22. The van der Waals surface area contributed by atoms with Gasteiger partial charge in [-0.2, -0.15) is 0 Å². The average molecular weight is 332 g/mol. The van der Waals surface area contributed by atoms with Crippen molar-refractivity contribution in [1.29, 1.82) is 5.41 Å². The van der Waals surface area contributed by atoms with Gasteiger partial charge in [-0.05, 0) is 37.0 Å². The fourth-order valence-corrected chi connectivity index (χ4v) is 2.16. The van der Waals surface area contributed by atoms with E-state index < -0.39 is 12.1 Å². The van der Waals surface area contributed by atoms with Gasteiger partial charge in [0.2, 0.25) is 5.90 Å². The minimum atomic E-state index is -0.549. The second kappa shape index (κ2) is 11.0. The summed E-state index contributed by atoms with van der Waals surface area (Å²) < 4.78 is 9.51. The maximum Gasteiger partial charge on any atom is 0.407 e. The van der Waals surface area contributed by atoms with Crippen molar-refractivity contribution in [1.82, 2.24) is 5.32 Å². The Bertz CT molecular complexity index is 571. The van der Waals surface area contributed by atoms with Gasteiger partial charge in [0, 0.05) is 0 Å². The van der Waals surface area contributed by atoms with Crippen LogP contribution in [0.5, 0.6) is 0 Å². The van der Waals surface area contributed by atoms with Crippen LogP contribution in [0.2, 0.25) is 0 Å². The monoisotopic (exact) mass is 332 g/mol.